The molecule has 0 atom stereocenters. The third kappa shape index (κ3) is 5.74. The number of benzene rings is 1. The fraction of sp³-hybridized carbons (Fsp3) is 0.385. The van der Waals surface area contributed by atoms with Crippen LogP contribution < -0.4 is 16.4 Å². The summed E-state index contributed by atoms with van der Waals surface area (Å²) in [5, 5.41) is 6.94. The monoisotopic (exact) mass is 510 g/mol. The zero-order valence-electron chi connectivity index (χ0n) is 20.5. The average molecular weight is 511 g/mol. The van der Waals surface area contributed by atoms with Crippen LogP contribution in [0.25, 0.3) is 22.4 Å². The summed E-state index contributed by atoms with van der Waals surface area (Å²) in [5.41, 5.74) is 10.1. The van der Waals surface area contributed by atoms with Crippen molar-refractivity contribution in [2.24, 2.45) is 5.73 Å². The van der Waals surface area contributed by atoms with Gasteiger partial charge in [0.25, 0.3) is 0 Å². The SMILES string of the molecule is CC(C)n1cnc2c(NCc3ccc(-c4cccc(F)c4)nc3)nc(NC3CCC(N)CC3)nc21.Cl. The van der Waals surface area contributed by atoms with Gasteiger partial charge in [-0.25, -0.2) is 9.37 Å². The summed E-state index contributed by atoms with van der Waals surface area (Å²) in [6, 6.07) is 11.2. The first-order valence-corrected chi connectivity index (χ1v) is 12.2. The maximum atomic E-state index is 13.5. The van der Waals surface area contributed by atoms with E-state index in [2.05, 4.69) is 39.0 Å². The Hall–Kier alpha value is -3.30. The highest BCUT2D eigenvalue weighted by Gasteiger charge is 2.21. The van der Waals surface area contributed by atoms with Crippen LogP contribution >= 0.6 is 12.4 Å². The van der Waals surface area contributed by atoms with Crippen molar-refractivity contribution in [3.63, 3.8) is 0 Å². The molecule has 0 amide bonds. The highest BCUT2D eigenvalue weighted by Crippen LogP contribution is 2.26. The van der Waals surface area contributed by atoms with Crippen LogP contribution in [0.4, 0.5) is 16.2 Å². The van der Waals surface area contributed by atoms with Crippen LogP contribution in [0, 0.1) is 5.82 Å². The van der Waals surface area contributed by atoms with Gasteiger partial charge in [0.15, 0.2) is 17.0 Å². The fourth-order valence-corrected chi connectivity index (χ4v) is 4.46. The van der Waals surface area contributed by atoms with Gasteiger partial charge < -0.3 is 20.9 Å². The molecule has 190 valence electrons. The highest BCUT2D eigenvalue weighted by molar-refractivity contribution is 5.85. The van der Waals surface area contributed by atoms with Gasteiger partial charge in [-0.3, -0.25) is 4.98 Å². The molecule has 4 N–H and O–H groups in total. The van der Waals surface area contributed by atoms with Crippen LogP contribution in [0.5, 0.6) is 0 Å². The molecule has 0 radical (unpaired) electrons. The van der Waals surface area contributed by atoms with Gasteiger partial charge in [-0.1, -0.05) is 18.2 Å². The van der Waals surface area contributed by atoms with Gasteiger partial charge >= 0.3 is 0 Å². The number of rotatable bonds is 7. The minimum atomic E-state index is -0.274. The molecule has 1 saturated carbocycles. The van der Waals surface area contributed by atoms with Crippen LogP contribution in [0.1, 0.15) is 51.1 Å². The van der Waals surface area contributed by atoms with E-state index in [1.54, 1.807) is 12.3 Å². The molecule has 10 heteroatoms. The van der Waals surface area contributed by atoms with E-state index < -0.39 is 0 Å². The molecule has 0 spiro atoms. The van der Waals surface area contributed by atoms with E-state index in [0.29, 0.717) is 24.4 Å². The van der Waals surface area contributed by atoms with Crippen LogP contribution in [0.15, 0.2) is 48.9 Å². The van der Waals surface area contributed by atoms with Crippen molar-refractivity contribution < 1.29 is 4.39 Å². The Morgan fingerprint density at radius 2 is 1.89 bits per heavy atom. The molecular weight excluding hydrogens is 479 g/mol. The molecule has 0 saturated heterocycles. The standard InChI is InChI=1S/C26H31FN8.ClH/c1-16(2)35-15-31-23-24(33-26(34-25(23)35)32-21-9-7-20(28)8-10-21)30-14-17-6-11-22(29-13-17)18-4-3-5-19(27)12-18;/h3-6,11-13,15-16,20-21H,7-10,14,28H2,1-2H3,(H2,30,32,33,34);1H. The first kappa shape index (κ1) is 25.8. The quantitative estimate of drug-likeness (QED) is 0.308. The zero-order chi connectivity index (χ0) is 24.4. The lowest BCUT2D eigenvalue weighted by Gasteiger charge is -2.27. The van der Waals surface area contributed by atoms with E-state index in [1.165, 1.54) is 12.1 Å². The van der Waals surface area contributed by atoms with Crippen LogP contribution in [0.3, 0.4) is 0 Å². The lowest BCUT2D eigenvalue weighted by molar-refractivity contribution is 0.410. The molecule has 4 aromatic rings. The maximum Gasteiger partial charge on any atom is 0.227 e. The van der Waals surface area contributed by atoms with Crippen molar-refractivity contribution >= 4 is 35.3 Å². The van der Waals surface area contributed by atoms with Crippen molar-refractivity contribution in [1.82, 2.24) is 24.5 Å². The summed E-state index contributed by atoms with van der Waals surface area (Å²) < 4.78 is 15.6. The van der Waals surface area contributed by atoms with E-state index in [9.17, 15) is 4.39 Å². The summed E-state index contributed by atoms with van der Waals surface area (Å²) >= 11 is 0. The average Bonchev–Trinajstić information content (AvgIpc) is 3.29. The number of hydrogen-bond donors (Lipinski definition) is 3. The predicted octanol–water partition coefficient (Wildman–Crippen LogP) is 5.32. The second-order valence-electron chi connectivity index (χ2n) is 9.49. The van der Waals surface area contributed by atoms with Crippen molar-refractivity contribution in [3.8, 4) is 11.3 Å². The fourth-order valence-electron chi connectivity index (χ4n) is 4.46. The molecule has 1 aromatic carbocycles. The molecule has 3 aromatic heterocycles. The molecule has 3 heterocycles. The summed E-state index contributed by atoms with van der Waals surface area (Å²) in [6.07, 6.45) is 7.65. The minimum absolute atomic E-state index is 0. The Kier molecular flexibility index (Phi) is 8.01. The molecule has 1 aliphatic carbocycles. The third-order valence-electron chi connectivity index (χ3n) is 6.49. The van der Waals surface area contributed by atoms with Gasteiger partial charge in [-0.05, 0) is 63.3 Å². The summed E-state index contributed by atoms with van der Waals surface area (Å²) in [5.74, 6) is 1.00. The third-order valence-corrected chi connectivity index (χ3v) is 6.49. The molecule has 0 unspecified atom stereocenters. The smallest absolute Gasteiger partial charge is 0.227 e. The Morgan fingerprint density at radius 3 is 2.58 bits per heavy atom. The molecule has 1 fully saturated rings. The first-order chi connectivity index (χ1) is 17.0. The van der Waals surface area contributed by atoms with Crippen molar-refractivity contribution in [1.29, 1.82) is 0 Å². The zero-order valence-corrected chi connectivity index (χ0v) is 21.3. The normalized spacial score (nSPS) is 17.7. The van der Waals surface area contributed by atoms with Crippen LogP contribution in [-0.4, -0.2) is 36.6 Å². The number of pyridine rings is 1. The predicted molar refractivity (Wildman–Crippen MR) is 144 cm³/mol. The second kappa shape index (κ2) is 11.2. The molecular formula is C26H32ClFN8. The Bertz CT molecular complexity index is 1300. The topological polar surface area (TPSA) is 107 Å². The maximum absolute atomic E-state index is 13.5. The van der Waals surface area contributed by atoms with Gasteiger partial charge in [0.1, 0.15) is 5.82 Å². The molecule has 5 rings (SSSR count). The summed E-state index contributed by atoms with van der Waals surface area (Å²) in [4.78, 5) is 18.7. The van der Waals surface area contributed by atoms with Gasteiger partial charge in [0, 0.05) is 36.4 Å². The molecule has 1 aliphatic rings. The lowest BCUT2D eigenvalue weighted by atomic mass is 9.92. The Morgan fingerprint density at radius 1 is 1.08 bits per heavy atom. The van der Waals surface area contributed by atoms with Crippen LogP contribution in [-0.2, 0) is 6.54 Å². The van der Waals surface area contributed by atoms with Crippen molar-refractivity contribution in [2.75, 3.05) is 10.6 Å². The number of halogens is 2. The largest absolute Gasteiger partial charge is 0.364 e. The van der Waals surface area contributed by atoms with Gasteiger partial charge in [-0.15, -0.1) is 12.4 Å². The number of aromatic nitrogens is 5. The van der Waals surface area contributed by atoms with Crippen LogP contribution in [0.2, 0.25) is 0 Å². The van der Waals surface area contributed by atoms with Gasteiger partial charge in [-0.2, -0.15) is 9.97 Å². The van der Waals surface area contributed by atoms with Crippen molar-refractivity contribution in [3.05, 3.63) is 60.3 Å². The number of imidazole rings is 1. The molecule has 0 aliphatic heterocycles. The van der Waals surface area contributed by atoms with Crippen molar-refractivity contribution in [2.45, 2.75) is 64.2 Å². The van der Waals surface area contributed by atoms with Gasteiger partial charge in [0.2, 0.25) is 5.95 Å². The Labute approximate surface area is 216 Å². The van der Waals surface area contributed by atoms with Gasteiger partial charge in [0.05, 0.1) is 12.0 Å². The van der Waals surface area contributed by atoms with E-state index in [0.717, 1.165) is 53.7 Å². The summed E-state index contributed by atoms with van der Waals surface area (Å²) in [6.45, 7) is 4.74. The number of hydrogen-bond acceptors (Lipinski definition) is 7. The number of nitrogens with one attached hydrogen (secondary N) is 2. The first-order valence-electron chi connectivity index (χ1n) is 12.2. The number of anilines is 2. The van der Waals surface area contributed by atoms with E-state index >= 15 is 0 Å². The summed E-state index contributed by atoms with van der Waals surface area (Å²) in [7, 11) is 0. The highest BCUT2D eigenvalue weighted by atomic mass is 35.5. The molecule has 36 heavy (non-hydrogen) atoms. The van der Waals surface area contributed by atoms with E-state index in [4.69, 9.17) is 15.7 Å². The van der Waals surface area contributed by atoms with E-state index in [1.807, 2.05) is 24.5 Å². The lowest BCUT2D eigenvalue weighted by Crippen LogP contribution is -2.33. The Balaban J connectivity index is 0.00000304. The van der Waals surface area contributed by atoms with E-state index in [-0.39, 0.29) is 30.3 Å². The minimum Gasteiger partial charge on any atom is -0.364 e. The molecule has 8 nitrogen and oxygen atoms in total. The number of nitrogens with two attached hydrogens (primary N) is 1. The number of fused-ring (bicyclic) bond motifs is 1. The number of nitrogens with zero attached hydrogens (tertiary/aromatic N) is 5. The second-order valence-corrected chi connectivity index (χ2v) is 9.49. The molecule has 0 bridgehead atoms.